The number of hydrogen-bond acceptors (Lipinski definition) is 1. The number of aryl methyl sites for hydroxylation is 1. The summed E-state index contributed by atoms with van der Waals surface area (Å²) >= 11 is 5.89. The molecule has 102 valence electrons. The Morgan fingerprint density at radius 2 is 1.95 bits per heavy atom. The summed E-state index contributed by atoms with van der Waals surface area (Å²) in [7, 11) is 0. The predicted molar refractivity (Wildman–Crippen MR) is 75.3 cm³/mol. The number of imidazole rings is 1. The van der Waals surface area contributed by atoms with E-state index in [0.29, 0.717) is 28.1 Å². The molecule has 20 heavy (non-hydrogen) atoms. The average molecular weight is 293 g/mol. The number of aromatic nitrogens is 2. The van der Waals surface area contributed by atoms with Gasteiger partial charge in [0.05, 0.1) is 22.6 Å². The van der Waals surface area contributed by atoms with Crippen molar-refractivity contribution in [1.29, 1.82) is 0 Å². The van der Waals surface area contributed by atoms with Crippen LogP contribution in [0.2, 0.25) is 0 Å². The minimum absolute atomic E-state index is 0.159. The summed E-state index contributed by atoms with van der Waals surface area (Å²) in [4.78, 5) is 4.34. The lowest BCUT2D eigenvalue weighted by Gasteiger charge is -2.09. The molecule has 0 unspecified atom stereocenters. The molecule has 2 nitrogen and oxygen atoms in total. The summed E-state index contributed by atoms with van der Waals surface area (Å²) < 4.78 is 28.9. The maximum absolute atomic E-state index is 13.7. The van der Waals surface area contributed by atoms with Crippen LogP contribution < -0.4 is 0 Å². The second-order valence-corrected chi connectivity index (χ2v) is 4.83. The Labute approximate surface area is 119 Å². The zero-order valence-corrected chi connectivity index (χ0v) is 11.5. The molecule has 0 amide bonds. The number of benzene rings is 2. The van der Waals surface area contributed by atoms with Gasteiger partial charge in [0.25, 0.3) is 0 Å². The van der Waals surface area contributed by atoms with Crippen molar-refractivity contribution in [3.05, 3.63) is 59.4 Å². The van der Waals surface area contributed by atoms with Crippen LogP contribution in [0.15, 0.2) is 36.4 Å². The van der Waals surface area contributed by atoms with Crippen LogP contribution in [0.5, 0.6) is 0 Å². The van der Waals surface area contributed by atoms with E-state index in [-0.39, 0.29) is 17.5 Å². The van der Waals surface area contributed by atoms with E-state index >= 15 is 0 Å². The molecule has 0 fully saturated rings. The summed E-state index contributed by atoms with van der Waals surface area (Å²) in [6.45, 7) is 1.69. The average Bonchev–Trinajstić information content (AvgIpc) is 2.79. The SMILES string of the molecule is Cc1ccc(-n2c(CCl)nc3ccc(F)cc32)cc1F. The standard InChI is InChI=1S/C15H11ClF2N2/c1-9-2-4-11(7-12(9)18)20-14-6-10(17)3-5-13(14)19-15(20)8-16/h2-7H,8H2,1H3. The molecule has 0 aliphatic rings. The third kappa shape index (κ3) is 2.06. The summed E-state index contributed by atoms with van der Waals surface area (Å²) in [5.74, 6) is 0.0235. The summed E-state index contributed by atoms with van der Waals surface area (Å²) in [5.41, 5.74) is 2.33. The summed E-state index contributed by atoms with van der Waals surface area (Å²) in [6, 6.07) is 9.14. The van der Waals surface area contributed by atoms with E-state index in [0.717, 1.165) is 0 Å². The van der Waals surface area contributed by atoms with Crippen LogP contribution in [0.4, 0.5) is 8.78 Å². The van der Waals surface area contributed by atoms with Crippen molar-refractivity contribution in [3.8, 4) is 5.69 Å². The van der Waals surface area contributed by atoms with Crippen molar-refractivity contribution in [2.75, 3.05) is 0 Å². The van der Waals surface area contributed by atoms with Gasteiger partial charge in [0, 0.05) is 6.07 Å². The van der Waals surface area contributed by atoms with Crippen molar-refractivity contribution in [2.24, 2.45) is 0 Å². The van der Waals surface area contributed by atoms with Gasteiger partial charge >= 0.3 is 0 Å². The van der Waals surface area contributed by atoms with Gasteiger partial charge in [0.15, 0.2) is 0 Å². The molecule has 0 spiro atoms. The predicted octanol–water partition coefficient (Wildman–Crippen LogP) is 4.35. The fraction of sp³-hybridized carbons (Fsp3) is 0.133. The summed E-state index contributed by atoms with van der Waals surface area (Å²) in [5, 5.41) is 0. The second kappa shape index (κ2) is 4.87. The molecule has 0 aliphatic heterocycles. The lowest BCUT2D eigenvalue weighted by Crippen LogP contribution is -2.00. The van der Waals surface area contributed by atoms with Gasteiger partial charge in [-0.05, 0) is 36.8 Å². The molecule has 5 heteroatoms. The maximum atomic E-state index is 13.7. The fourth-order valence-corrected chi connectivity index (χ4v) is 2.38. The van der Waals surface area contributed by atoms with Gasteiger partial charge in [-0.15, -0.1) is 11.6 Å². The number of alkyl halides is 1. The first-order valence-electron chi connectivity index (χ1n) is 6.09. The van der Waals surface area contributed by atoms with Crippen molar-refractivity contribution in [2.45, 2.75) is 12.8 Å². The molecule has 3 rings (SSSR count). The molecule has 3 aromatic rings. The number of nitrogens with zero attached hydrogens (tertiary/aromatic N) is 2. The smallest absolute Gasteiger partial charge is 0.129 e. The zero-order valence-electron chi connectivity index (χ0n) is 10.7. The van der Waals surface area contributed by atoms with Gasteiger partial charge in [-0.3, -0.25) is 4.57 Å². The van der Waals surface area contributed by atoms with E-state index in [1.165, 1.54) is 18.2 Å². The highest BCUT2D eigenvalue weighted by atomic mass is 35.5. The molecule has 2 aromatic carbocycles. The molecular weight excluding hydrogens is 282 g/mol. The lowest BCUT2D eigenvalue weighted by atomic mass is 10.2. The first-order chi connectivity index (χ1) is 9.60. The van der Waals surface area contributed by atoms with Crippen LogP contribution in [-0.4, -0.2) is 9.55 Å². The fourth-order valence-electron chi connectivity index (χ4n) is 2.20. The van der Waals surface area contributed by atoms with E-state index in [1.807, 2.05) is 0 Å². The maximum Gasteiger partial charge on any atom is 0.129 e. The Morgan fingerprint density at radius 1 is 1.15 bits per heavy atom. The zero-order chi connectivity index (χ0) is 14.3. The highest BCUT2D eigenvalue weighted by Crippen LogP contribution is 2.24. The monoisotopic (exact) mass is 292 g/mol. The van der Waals surface area contributed by atoms with Crippen molar-refractivity contribution in [3.63, 3.8) is 0 Å². The Hall–Kier alpha value is -1.94. The Morgan fingerprint density at radius 3 is 2.65 bits per heavy atom. The highest BCUT2D eigenvalue weighted by Gasteiger charge is 2.13. The van der Waals surface area contributed by atoms with Crippen molar-refractivity contribution >= 4 is 22.6 Å². The van der Waals surface area contributed by atoms with Crippen LogP contribution >= 0.6 is 11.6 Å². The molecule has 0 saturated heterocycles. The van der Waals surface area contributed by atoms with Crippen LogP contribution in [0.25, 0.3) is 16.7 Å². The van der Waals surface area contributed by atoms with Gasteiger partial charge in [0.1, 0.15) is 17.5 Å². The number of rotatable bonds is 2. The molecule has 0 saturated carbocycles. The first kappa shape index (κ1) is 13.1. The van der Waals surface area contributed by atoms with Gasteiger partial charge in [-0.2, -0.15) is 0 Å². The molecule has 0 aliphatic carbocycles. The molecular formula is C15H11ClF2N2. The largest absolute Gasteiger partial charge is 0.295 e. The third-order valence-electron chi connectivity index (χ3n) is 3.22. The minimum atomic E-state index is -0.368. The van der Waals surface area contributed by atoms with Crippen LogP contribution in [-0.2, 0) is 5.88 Å². The first-order valence-corrected chi connectivity index (χ1v) is 6.63. The molecule has 0 radical (unpaired) electrons. The van der Waals surface area contributed by atoms with E-state index < -0.39 is 0 Å². The minimum Gasteiger partial charge on any atom is -0.295 e. The summed E-state index contributed by atoms with van der Waals surface area (Å²) in [6.07, 6.45) is 0. The Bertz CT molecular complexity index is 796. The molecule has 1 heterocycles. The second-order valence-electron chi connectivity index (χ2n) is 4.56. The van der Waals surface area contributed by atoms with Crippen molar-refractivity contribution < 1.29 is 8.78 Å². The normalized spacial score (nSPS) is 11.2. The highest BCUT2D eigenvalue weighted by molar-refractivity contribution is 6.17. The Kier molecular flexibility index (Phi) is 3.18. The molecule has 0 N–H and O–H groups in total. The topological polar surface area (TPSA) is 17.8 Å². The third-order valence-corrected chi connectivity index (χ3v) is 3.46. The van der Waals surface area contributed by atoms with Crippen LogP contribution in [0, 0.1) is 18.6 Å². The number of fused-ring (bicyclic) bond motifs is 1. The van der Waals surface area contributed by atoms with E-state index in [1.54, 1.807) is 29.7 Å². The van der Waals surface area contributed by atoms with E-state index in [9.17, 15) is 8.78 Å². The quantitative estimate of drug-likeness (QED) is 0.642. The van der Waals surface area contributed by atoms with Crippen LogP contribution in [0.3, 0.4) is 0 Å². The lowest BCUT2D eigenvalue weighted by molar-refractivity contribution is 0.617. The van der Waals surface area contributed by atoms with Gasteiger partial charge < -0.3 is 0 Å². The van der Waals surface area contributed by atoms with Gasteiger partial charge in [-0.1, -0.05) is 6.07 Å². The Balaban J connectivity index is 2.32. The number of halogens is 3. The van der Waals surface area contributed by atoms with Crippen molar-refractivity contribution in [1.82, 2.24) is 9.55 Å². The van der Waals surface area contributed by atoms with Crippen LogP contribution in [0.1, 0.15) is 11.4 Å². The molecule has 1 aromatic heterocycles. The van der Waals surface area contributed by atoms with Gasteiger partial charge in [-0.25, -0.2) is 13.8 Å². The van der Waals surface area contributed by atoms with Gasteiger partial charge in [0.2, 0.25) is 0 Å². The van der Waals surface area contributed by atoms with E-state index in [4.69, 9.17) is 11.6 Å². The molecule has 0 bridgehead atoms. The molecule has 0 atom stereocenters. The number of hydrogen-bond donors (Lipinski definition) is 0. The van der Waals surface area contributed by atoms with E-state index in [2.05, 4.69) is 4.98 Å².